The molecule has 17 heavy (non-hydrogen) atoms. The van der Waals surface area contributed by atoms with E-state index >= 15 is 0 Å². The SMILES string of the molecule is Cc1ccc2cc(C(=O)CCCN)ccc2c1. The molecule has 0 bridgehead atoms. The highest BCUT2D eigenvalue weighted by Crippen LogP contribution is 2.18. The summed E-state index contributed by atoms with van der Waals surface area (Å²) in [4.78, 5) is 11.9. The molecule has 2 heteroatoms. The van der Waals surface area contributed by atoms with E-state index in [9.17, 15) is 4.79 Å². The molecule has 0 saturated carbocycles. The van der Waals surface area contributed by atoms with Crippen molar-refractivity contribution in [2.24, 2.45) is 5.73 Å². The van der Waals surface area contributed by atoms with Crippen LogP contribution in [0.15, 0.2) is 36.4 Å². The monoisotopic (exact) mass is 227 g/mol. The van der Waals surface area contributed by atoms with Gasteiger partial charge in [0.05, 0.1) is 0 Å². The molecular formula is C15H17NO. The maximum Gasteiger partial charge on any atom is 0.162 e. The zero-order chi connectivity index (χ0) is 12.3. The Morgan fingerprint density at radius 3 is 2.59 bits per heavy atom. The highest BCUT2D eigenvalue weighted by atomic mass is 16.1. The molecule has 2 rings (SSSR count). The maximum atomic E-state index is 11.9. The minimum Gasteiger partial charge on any atom is -0.330 e. The zero-order valence-corrected chi connectivity index (χ0v) is 10.1. The molecule has 0 aliphatic rings. The lowest BCUT2D eigenvalue weighted by molar-refractivity contribution is 0.0981. The van der Waals surface area contributed by atoms with Gasteiger partial charge < -0.3 is 5.73 Å². The highest BCUT2D eigenvalue weighted by molar-refractivity contribution is 6.00. The molecule has 2 aromatic carbocycles. The van der Waals surface area contributed by atoms with E-state index < -0.39 is 0 Å². The number of hydrogen-bond donors (Lipinski definition) is 1. The number of Topliss-reactive ketones (excluding diaryl/α,β-unsaturated/α-hetero) is 1. The molecule has 0 radical (unpaired) electrons. The first-order valence-corrected chi connectivity index (χ1v) is 5.94. The van der Waals surface area contributed by atoms with Gasteiger partial charge in [-0.15, -0.1) is 0 Å². The van der Waals surface area contributed by atoms with Crippen LogP contribution in [0.1, 0.15) is 28.8 Å². The largest absolute Gasteiger partial charge is 0.330 e. The first kappa shape index (κ1) is 11.8. The third-order valence-electron chi connectivity index (χ3n) is 2.93. The van der Waals surface area contributed by atoms with Crippen molar-refractivity contribution in [1.82, 2.24) is 0 Å². The number of carbonyl (C=O) groups is 1. The van der Waals surface area contributed by atoms with Crippen molar-refractivity contribution in [3.63, 3.8) is 0 Å². The third-order valence-corrected chi connectivity index (χ3v) is 2.93. The number of aryl methyl sites for hydroxylation is 1. The average Bonchev–Trinajstić information content (AvgIpc) is 2.35. The first-order chi connectivity index (χ1) is 8.20. The van der Waals surface area contributed by atoms with Crippen molar-refractivity contribution in [3.05, 3.63) is 47.5 Å². The second-order valence-corrected chi connectivity index (χ2v) is 4.38. The van der Waals surface area contributed by atoms with Gasteiger partial charge in [-0.2, -0.15) is 0 Å². The molecule has 2 aromatic rings. The number of fused-ring (bicyclic) bond motifs is 1. The standard InChI is InChI=1S/C15H17NO/c1-11-4-5-13-10-14(7-6-12(13)9-11)15(17)3-2-8-16/h4-7,9-10H,2-3,8,16H2,1H3. The Morgan fingerprint density at radius 1 is 1.12 bits per heavy atom. The van der Waals surface area contributed by atoms with Gasteiger partial charge in [0, 0.05) is 12.0 Å². The molecular weight excluding hydrogens is 210 g/mol. The van der Waals surface area contributed by atoms with Gasteiger partial charge >= 0.3 is 0 Å². The number of ketones is 1. The fourth-order valence-corrected chi connectivity index (χ4v) is 1.95. The summed E-state index contributed by atoms with van der Waals surface area (Å²) < 4.78 is 0. The van der Waals surface area contributed by atoms with E-state index in [0.717, 1.165) is 17.4 Å². The number of benzene rings is 2. The summed E-state index contributed by atoms with van der Waals surface area (Å²) in [6.07, 6.45) is 1.29. The van der Waals surface area contributed by atoms with Crippen molar-refractivity contribution in [2.75, 3.05) is 6.54 Å². The normalized spacial score (nSPS) is 10.7. The van der Waals surface area contributed by atoms with Crippen LogP contribution in [0.2, 0.25) is 0 Å². The third kappa shape index (κ3) is 2.71. The van der Waals surface area contributed by atoms with E-state index in [1.807, 2.05) is 18.2 Å². The van der Waals surface area contributed by atoms with Crippen molar-refractivity contribution >= 4 is 16.6 Å². The summed E-state index contributed by atoms with van der Waals surface area (Å²) >= 11 is 0. The van der Waals surface area contributed by atoms with E-state index in [4.69, 9.17) is 5.73 Å². The Labute approximate surface area is 101 Å². The van der Waals surface area contributed by atoms with Crippen LogP contribution in [0.5, 0.6) is 0 Å². The molecule has 0 atom stereocenters. The summed E-state index contributed by atoms with van der Waals surface area (Å²) in [5.41, 5.74) is 7.43. The van der Waals surface area contributed by atoms with Crippen molar-refractivity contribution < 1.29 is 4.79 Å². The predicted molar refractivity (Wildman–Crippen MR) is 71.3 cm³/mol. The van der Waals surface area contributed by atoms with Gasteiger partial charge in [0.2, 0.25) is 0 Å². The average molecular weight is 227 g/mol. The smallest absolute Gasteiger partial charge is 0.162 e. The first-order valence-electron chi connectivity index (χ1n) is 5.94. The molecule has 2 N–H and O–H groups in total. The van der Waals surface area contributed by atoms with Crippen molar-refractivity contribution in [1.29, 1.82) is 0 Å². The Hall–Kier alpha value is -1.67. The molecule has 0 heterocycles. The molecule has 0 spiro atoms. The van der Waals surface area contributed by atoms with E-state index in [2.05, 4.69) is 25.1 Å². The minimum absolute atomic E-state index is 0.179. The van der Waals surface area contributed by atoms with Crippen LogP contribution >= 0.6 is 0 Å². The van der Waals surface area contributed by atoms with Crippen LogP contribution in [0.4, 0.5) is 0 Å². The summed E-state index contributed by atoms with van der Waals surface area (Å²) in [6, 6.07) is 12.1. The number of hydrogen-bond acceptors (Lipinski definition) is 2. The Balaban J connectivity index is 2.31. The Morgan fingerprint density at radius 2 is 1.82 bits per heavy atom. The van der Waals surface area contributed by atoms with E-state index in [0.29, 0.717) is 13.0 Å². The quantitative estimate of drug-likeness (QED) is 0.816. The minimum atomic E-state index is 0.179. The second kappa shape index (κ2) is 5.11. The summed E-state index contributed by atoms with van der Waals surface area (Å²) in [7, 11) is 0. The van der Waals surface area contributed by atoms with Crippen LogP contribution in [0, 0.1) is 6.92 Å². The molecule has 88 valence electrons. The van der Waals surface area contributed by atoms with Gasteiger partial charge in [0.25, 0.3) is 0 Å². The Kier molecular flexibility index (Phi) is 3.55. The van der Waals surface area contributed by atoms with Crippen LogP contribution in [0.25, 0.3) is 10.8 Å². The summed E-state index contributed by atoms with van der Waals surface area (Å²) in [5.74, 6) is 0.179. The molecule has 0 unspecified atom stereocenters. The zero-order valence-electron chi connectivity index (χ0n) is 10.1. The fraction of sp³-hybridized carbons (Fsp3) is 0.267. The van der Waals surface area contributed by atoms with Gasteiger partial charge in [-0.25, -0.2) is 0 Å². The van der Waals surface area contributed by atoms with E-state index in [1.54, 1.807) is 0 Å². The Bertz CT molecular complexity index is 546. The van der Waals surface area contributed by atoms with Gasteiger partial charge in [-0.3, -0.25) is 4.79 Å². The van der Waals surface area contributed by atoms with Gasteiger partial charge in [0.1, 0.15) is 0 Å². The van der Waals surface area contributed by atoms with E-state index in [1.165, 1.54) is 10.9 Å². The number of nitrogens with two attached hydrogens (primary N) is 1. The highest BCUT2D eigenvalue weighted by Gasteiger charge is 2.05. The van der Waals surface area contributed by atoms with Crippen molar-refractivity contribution in [2.45, 2.75) is 19.8 Å². The molecule has 0 aliphatic heterocycles. The van der Waals surface area contributed by atoms with Gasteiger partial charge in [0.15, 0.2) is 5.78 Å². The summed E-state index contributed by atoms with van der Waals surface area (Å²) in [5, 5.41) is 2.30. The van der Waals surface area contributed by atoms with E-state index in [-0.39, 0.29) is 5.78 Å². The molecule has 2 nitrogen and oxygen atoms in total. The van der Waals surface area contributed by atoms with Crippen molar-refractivity contribution in [3.8, 4) is 0 Å². The van der Waals surface area contributed by atoms with Crippen LogP contribution in [0.3, 0.4) is 0 Å². The summed E-state index contributed by atoms with van der Waals surface area (Å²) in [6.45, 7) is 2.64. The molecule has 0 aliphatic carbocycles. The molecule has 0 saturated heterocycles. The second-order valence-electron chi connectivity index (χ2n) is 4.38. The van der Waals surface area contributed by atoms with Gasteiger partial charge in [-0.05, 0) is 36.7 Å². The lowest BCUT2D eigenvalue weighted by Gasteiger charge is -2.03. The van der Waals surface area contributed by atoms with Gasteiger partial charge in [-0.1, -0.05) is 35.9 Å². The number of carbonyl (C=O) groups excluding carboxylic acids is 1. The molecule has 0 fully saturated rings. The molecule has 0 amide bonds. The lowest BCUT2D eigenvalue weighted by atomic mass is 10.0. The maximum absolute atomic E-state index is 11.9. The topological polar surface area (TPSA) is 43.1 Å². The number of rotatable bonds is 4. The molecule has 0 aromatic heterocycles. The van der Waals surface area contributed by atoms with Crippen LogP contribution in [-0.4, -0.2) is 12.3 Å². The predicted octanol–water partition coefficient (Wildman–Crippen LogP) is 3.07. The van der Waals surface area contributed by atoms with Crippen LogP contribution in [-0.2, 0) is 0 Å². The lowest BCUT2D eigenvalue weighted by Crippen LogP contribution is -2.04. The van der Waals surface area contributed by atoms with Crippen LogP contribution < -0.4 is 5.73 Å². The fourth-order valence-electron chi connectivity index (χ4n) is 1.95.